The summed E-state index contributed by atoms with van der Waals surface area (Å²) in [7, 11) is 0. The van der Waals surface area contributed by atoms with E-state index in [0.29, 0.717) is 0 Å². The Morgan fingerprint density at radius 2 is 2.30 bits per heavy atom. The Balaban J connectivity index is 2.52. The molecule has 10 heavy (non-hydrogen) atoms. The minimum Gasteiger partial charge on any atom is -0.387 e. The second-order valence-electron chi connectivity index (χ2n) is 2.33. The van der Waals surface area contributed by atoms with Crippen LogP contribution in [0.25, 0.3) is 0 Å². The fourth-order valence-electron chi connectivity index (χ4n) is 0.966. The fraction of sp³-hybridized carbons (Fsp3) is 0.143. The van der Waals surface area contributed by atoms with Crippen molar-refractivity contribution in [2.24, 2.45) is 0 Å². The van der Waals surface area contributed by atoms with Crippen LogP contribution in [-0.4, -0.2) is 0 Å². The number of nitrogens with one attached hydrogen (secondary N) is 2. The number of rotatable bonds is 0. The Morgan fingerprint density at radius 1 is 1.40 bits per heavy atom. The number of hydrazine groups is 1. The smallest absolute Gasteiger partial charge is 0.174 e. The first-order valence-electron chi connectivity index (χ1n) is 3.15. The zero-order chi connectivity index (χ0) is 6.97. The highest BCUT2D eigenvalue weighted by Gasteiger charge is 2.08. The molecule has 3 nitrogen and oxygen atoms in total. The highest BCUT2D eigenvalue weighted by Crippen LogP contribution is 2.27. The SMILES string of the molecule is Cc1ccc2c(c1)NNO2. The van der Waals surface area contributed by atoms with Crippen molar-refractivity contribution in [2.75, 3.05) is 5.43 Å². The Morgan fingerprint density at radius 3 is 3.20 bits per heavy atom. The van der Waals surface area contributed by atoms with E-state index in [1.807, 2.05) is 25.1 Å². The molecule has 3 heteroatoms. The van der Waals surface area contributed by atoms with Crippen LogP contribution in [0.4, 0.5) is 5.69 Å². The van der Waals surface area contributed by atoms with Gasteiger partial charge in [-0.1, -0.05) is 11.7 Å². The molecule has 1 heterocycles. The van der Waals surface area contributed by atoms with Crippen molar-refractivity contribution < 1.29 is 4.84 Å². The van der Waals surface area contributed by atoms with Crippen molar-refractivity contribution in [3.05, 3.63) is 23.8 Å². The lowest BCUT2D eigenvalue weighted by atomic mass is 10.2. The maximum Gasteiger partial charge on any atom is 0.174 e. The molecule has 0 unspecified atom stereocenters. The number of hydrogen-bond donors (Lipinski definition) is 2. The van der Waals surface area contributed by atoms with E-state index in [1.54, 1.807) is 0 Å². The molecule has 1 aliphatic heterocycles. The molecule has 0 saturated heterocycles. The molecule has 1 aliphatic rings. The van der Waals surface area contributed by atoms with E-state index < -0.39 is 0 Å². The van der Waals surface area contributed by atoms with Crippen LogP contribution in [0, 0.1) is 6.92 Å². The van der Waals surface area contributed by atoms with Gasteiger partial charge < -0.3 is 4.84 Å². The number of benzene rings is 1. The second kappa shape index (κ2) is 1.88. The van der Waals surface area contributed by atoms with Gasteiger partial charge in [0.1, 0.15) is 0 Å². The maximum atomic E-state index is 4.99. The number of fused-ring (bicyclic) bond motifs is 1. The van der Waals surface area contributed by atoms with Crippen molar-refractivity contribution in [2.45, 2.75) is 6.92 Å². The molecule has 0 radical (unpaired) electrons. The number of aryl methyl sites for hydroxylation is 1. The number of hydrogen-bond acceptors (Lipinski definition) is 3. The van der Waals surface area contributed by atoms with Gasteiger partial charge in [-0.05, 0) is 24.6 Å². The van der Waals surface area contributed by atoms with Gasteiger partial charge in [0.25, 0.3) is 0 Å². The molecular formula is C7H8N2O. The van der Waals surface area contributed by atoms with E-state index in [4.69, 9.17) is 4.84 Å². The van der Waals surface area contributed by atoms with Gasteiger partial charge in [0.2, 0.25) is 0 Å². The van der Waals surface area contributed by atoms with Gasteiger partial charge in [-0.25, -0.2) is 0 Å². The van der Waals surface area contributed by atoms with Crippen LogP contribution in [-0.2, 0) is 0 Å². The molecule has 0 fully saturated rings. The first-order chi connectivity index (χ1) is 4.86. The summed E-state index contributed by atoms with van der Waals surface area (Å²) in [5.41, 5.74) is 7.65. The molecule has 52 valence electrons. The zero-order valence-corrected chi connectivity index (χ0v) is 5.64. The summed E-state index contributed by atoms with van der Waals surface area (Å²) in [6, 6.07) is 5.96. The Bertz CT molecular complexity index is 260. The van der Waals surface area contributed by atoms with Crippen LogP contribution in [0.5, 0.6) is 5.75 Å². The summed E-state index contributed by atoms with van der Waals surface area (Å²) in [5, 5.41) is 0. The molecule has 0 saturated carbocycles. The summed E-state index contributed by atoms with van der Waals surface area (Å²) in [6.45, 7) is 2.04. The molecule has 2 N–H and O–H groups in total. The first-order valence-corrected chi connectivity index (χ1v) is 3.15. The summed E-state index contributed by atoms with van der Waals surface area (Å²) < 4.78 is 0. The minimum absolute atomic E-state index is 0.852. The average Bonchev–Trinajstić information content (AvgIpc) is 2.33. The van der Waals surface area contributed by atoms with Gasteiger partial charge in [0.15, 0.2) is 5.75 Å². The van der Waals surface area contributed by atoms with E-state index in [9.17, 15) is 0 Å². The van der Waals surface area contributed by atoms with Crippen molar-refractivity contribution in [3.8, 4) is 5.75 Å². The Labute approximate surface area is 58.9 Å². The van der Waals surface area contributed by atoms with Gasteiger partial charge in [0, 0.05) is 0 Å². The normalized spacial score (nSPS) is 13.7. The van der Waals surface area contributed by atoms with Crippen LogP contribution in [0.15, 0.2) is 18.2 Å². The van der Waals surface area contributed by atoms with Gasteiger partial charge >= 0.3 is 0 Å². The lowest BCUT2D eigenvalue weighted by Gasteiger charge is -1.94. The van der Waals surface area contributed by atoms with E-state index in [1.165, 1.54) is 5.56 Å². The average molecular weight is 136 g/mol. The van der Waals surface area contributed by atoms with Gasteiger partial charge in [-0.3, -0.25) is 5.43 Å². The molecule has 0 aromatic heterocycles. The topological polar surface area (TPSA) is 33.3 Å². The molecule has 0 bridgehead atoms. The summed E-state index contributed by atoms with van der Waals surface area (Å²) in [5.74, 6) is 0.852. The van der Waals surface area contributed by atoms with E-state index in [-0.39, 0.29) is 0 Å². The van der Waals surface area contributed by atoms with Crippen molar-refractivity contribution >= 4 is 5.69 Å². The molecule has 0 spiro atoms. The molecule has 0 amide bonds. The van der Waals surface area contributed by atoms with Crippen LogP contribution in [0.3, 0.4) is 0 Å². The highest BCUT2D eigenvalue weighted by atomic mass is 16.7. The maximum absolute atomic E-state index is 4.99. The van der Waals surface area contributed by atoms with Crippen LogP contribution in [0.1, 0.15) is 5.56 Å². The lowest BCUT2D eigenvalue weighted by molar-refractivity contribution is 0.247. The lowest BCUT2D eigenvalue weighted by Crippen LogP contribution is -2.16. The summed E-state index contributed by atoms with van der Waals surface area (Å²) in [4.78, 5) is 4.99. The third-order valence-electron chi connectivity index (χ3n) is 1.48. The standard InChI is InChI=1S/C7H8N2O/c1-5-2-3-7-6(4-5)8-9-10-7/h2-4,8-9H,1H3. The second-order valence-corrected chi connectivity index (χ2v) is 2.33. The minimum atomic E-state index is 0.852. The highest BCUT2D eigenvalue weighted by molar-refractivity contribution is 5.59. The fourth-order valence-corrected chi connectivity index (χ4v) is 0.966. The quantitative estimate of drug-likeness (QED) is 0.562. The zero-order valence-electron chi connectivity index (χ0n) is 5.64. The molecule has 2 rings (SSSR count). The van der Waals surface area contributed by atoms with Crippen LogP contribution in [0.2, 0.25) is 0 Å². The monoisotopic (exact) mass is 136 g/mol. The first kappa shape index (κ1) is 5.56. The predicted octanol–water partition coefficient (Wildman–Crippen LogP) is 1.22. The van der Waals surface area contributed by atoms with Gasteiger partial charge in [0.05, 0.1) is 5.69 Å². The van der Waals surface area contributed by atoms with Crippen molar-refractivity contribution in [1.29, 1.82) is 0 Å². The van der Waals surface area contributed by atoms with Crippen LogP contribution >= 0.6 is 0 Å². The van der Waals surface area contributed by atoms with E-state index in [2.05, 4.69) is 11.0 Å². The molecule has 1 aromatic carbocycles. The molecule has 0 aliphatic carbocycles. The van der Waals surface area contributed by atoms with E-state index >= 15 is 0 Å². The van der Waals surface area contributed by atoms with Crippen molar-refractivity contribution in [1.82, 2.24) is 5.59 Å². The van der Waals surface area contributed by atoms with Crippen molar-refractivity contribution in [3.63, 3.8) is 0 Å². The third kappa shape index (κ3) is 0.717. The predicted molar refractivity (Wildman–Crippen MR) is 38.6 cm³/mol. The molecule has 1 aromatic rings. The largest absolute Gasteiger partial charge is 0.387 e. The Kier molecular flexibility index (Phi) is 1.05. The van der Waals surface area contributed by atoms with Crippen LogP contribution < -0.4 is 15.9 Å². The summed E-state index contributed by atoms with van der Waals surface area (Å²) in [6.07, 6.45) is 0. The summed E-state index contributed by atoms with van der Waals surface area (Å²) >= 11 is 0. The third-order valence-corrected chi connectivity index (χ3v) is 1.48. The van der Waals surface area contributed by atoms with Gasteiger partial charge in [-0.15, -0.1) is 0 Å². The van der Waals surface area contributed by atoms with E-state index in [0.717, 1.165) is 11.4 Å². The Hall–Kier alpha value is -1.22. The molecular weight excluding hydrogens is 128 g/mol. The van der Waals surface area contributed by atoms with Gasteiger partial charge in [-0.2, -0.15) is 0 Å². The number of anilines is 1. The molecule has 0 atom stereocenters.